The summed E-state index contributed by atoms with van der Waals surface area (Å²) >= 11 is 0. The van der Waals surface area contributed by atoms with Crippen molar-refractivity contribution in [1.82, 2.24) is 9.62 Å². The van der Waals surface area contributed by atoms with Gasteiger partial charge >= 0.3 is 0 Å². The highest BCUT2D eigenvalue weighted by molar-refractivity contribution is 7.88. The summed E-state index contributed by atoms with van der Waals surface area (Å²) < 4.78 is 23.5. The minimum atomic E-state index is -3.04. The zero-order valence-electron chi connectivity index (χ0n) is 9.56. The Bertz CT molecular complexity index is 269. The summed E-state index contributed by atoms with van der Waals surface area (Å²) in [7, 11) is 0.710. The molecule has 1 N–H and O–H groups in total. The van der Waals surface area contributed by atoms with E-state index in [0.29, 0.717) is 25.9 Å². The smallest absolute Gasteiger partial charge is 0.211 e. The fourth-order valence-corrected chi connectivity index (χ4v) is 2.22. The van der Waals surface area contributed by atoms with Crippen molar-refractivity contribution in [2.45, 2.75) is 12.8 Å². The Hall–Kier alpha value is -0.460. The van der Waals surface area contributed by atoms with Gasteiger partial charge in [0.25, 0.3) is 0 Å². The van der Waals surface area contributed by atoms with Crippen molar-refractivity contribution < 1.29 is 13.2 Å². The van der Waals surface area contributed by atoms with Gasteiger partial charge in [0.05, 0.1) is 6.26 Å². The molecule has 1 aliphatic heterocycles. The van der Waals surface area contributed by atoms with E-state index in [1.807, 2.05) is 14.1 Å². The van der Waals surface area contributed by atoms with Crippen LogP contribution in [0.25, 0.3) is 0 Å². The molecule has 1 heterocycles. The van der Waals surface area contributed by atoms with Gasteiger partial charge in [0.1, 0.15) is 6.29 Å². The summed E-state index contributed by atoms with van der Waals surface area (Å²) in [6.07, 6.45) is 3.45. The van der Waals surface area contributed by atoms with Gasteiger partial charge in [-0.2, -0.15) is 0 Å². The Labute approximate surface area is 91.9 Å². The first-order valence-electron chi connectivity index (χ1n) is 4.94. The summed E-state index contributed by atoms with van der Waals surface area (Å²) in [6, 6.07) is 0. The molecule has 0 aromatic rings. The fourth-order valence-electron chi connectivity index (χ4n) is 1.34. The molecule has 0 amide bonds. The van der Waals surface area contributed by atoms with Crippen molar-refractivity contribution >= 4 is 16.3 Å². The van der Waals surface area contributed by atoms with Gasteiger partial charge in [-0.1, -0.05) is 0 Å². The number of sulfonamides is 1. The maximum atomic E-state index is 11.0. The number of carbonyl (C=O) groups is 1. The molecular weight excluding hydrogens is 216 g/mol. The highest BCUT2D eigenvalue weighted by atomic mass is 32.2. The van der Waals surface area contributed by atoms with Crippen LogP contribution in [-0.4, -0.2) is 52.4 Å². The Morgan fingerprint density at radius 3 is 1.93 bits per heavy atom. The number of rotatable bonds is 2. The molecule has 5 nitrogen and oxygen atoms in total. The van der Waals surface area contributed by atoms with E-state index in [1.165, 1.54) is 10.6 Å². The SMILES string of the molecule is CNC.CS(=O)(=O)N1CCC(C=O)CC1. The third-order valence-corrected chi connectivity index (χ3v) is 3.46. The van der Waals surface area contributed by atoms with Gasteiger partial charge in [0.15, 0.2) is 0 Å². The number of hydrogen-bond acceptors (Lipinski definition) is 4. The molecule has 0 atom stereocenters. The standard InChI is InChI=1S/C7H13NO3S.C2H7N/c1-12(10,11)8-4-2-7(6-9)3-5-8;1-3-2/h6-7H,2-5H2,1H3;3H,1-2H3. The van der Waals surface area contributed by atoms with Crippen LogP contribution in [0.3, 0.4) is 0 Å². The van der Waals surface area contributed by atoms with E-state index in [1.54, 1.807) is 0 Å². The van der Waals surface area contributed by atoms with E-state index in [0.717, 1.165) is 6.29 Å². The number of carbonyl (C=O) groups excluding carboxylic acids is 1. The van der Waals surface area contributed by atoms with Crippen molar-refractivity contribution in [3.05, 3.63) is 0 Å². The molecule has 0 aliphatic carbocycles. The van der Waals surface area contributed by atoms with Crippen LogP contribution in [0.4, 0.5) is 0 Å². The number of nitrogens with one attached hydrogen (secondary N) is 1. The summed E-state index contributed by atoms with van der Waals surface area (Å²) in [5.41, 5.74) is 0. The molecular formula is C9H20N2O3S. The highest BCUT2D eigenvalue weighted by Crippen LogP contribution is 2.16. The van der Waals surface area contributed by atoms with Crippen LogP contribution in [0.1, 0.15) is 12.8 Å². The number of hydrogen-bond donors (Lipinski definition) is 1. The second-order valence-electron chi connectivity index (χ2n) is 3.64. The van der Waals surface area contributed by atoms with E-state index in [9.17, 15) is 13.2 Å². The highest BCUT2D eigenvalue weighted by Gasteiger charge is 2.24. The van der Waals surface area contributed by atoms with E-state index in [2.05, 4.69) is 5.32 Å². The zero-order chi connectivity index (χ0) is 11.9. The Balaban J connectivity index is 0.000000583. The van der Waals surface area contributed by atoms with Gasteiger partial charge in [-0.05, 0) is 26.9 Å². The maximum absolute atomic E-state index is 11.0. The molecule has 1 aliphatic rings. The molecule has 0 bridgehead atoms. The Kier molecular flexibility index (Phi) is 6.71. The number of nitrogens with zero attached hydrogens (tertiary/aromatic N) is 1. The predicted molar refractivity (Wildman–Crippen MR) is 60.2 cm³/mol. The molecule has 1 rings (SSSR count). The van der Waals surface area contributed by atoms with Gasteiger partial charge < -0.3 is 10.1 Å². The lowest BCUT2D eigenvalue weighted by Crippen LogP contribution is -2.37. The fraction of sp³-hybridized carbons (Fsp3) is 0.889. The first-order valence-corrected chi connectivity index (χ1v) is 6.79. The molecule has 1 saturated heterocycles. The van der Waals surface area contributed by atoms with Crippen LogP contribution in [0, 0.1) is 5.92 Å². The van der Waals surface area contributed by atoms with Crippen molar-refractivity contribution in [3.63, 3.8) is 0 Å². The average Bonchev–Trinajstić information content (AvgIpc) is 2.18. The molecule has 90 valence electrons. The molecule has 1 fully saturated rings. The van der Waals surface area contributed by atoms with Crippen LogP contribution in [0.15, 0.2) is 0 Å². The van der Waals surface area contributed by atoms with E-state index < -0.39 is 10.0 Å². The first kappa shape index (κ1) is 14.5. The monoisotopic (exact) mass is 236 g/mol. The van der Waals surface area contributed by atoms with Gasteiger partial charge in [0.2, 0.25) is 10.0 Å². The molecule has 0 aromatic heterocycles. The minimum Gasteiger partial charge on any atom is -0.323 e. The lowest BCUT2D eigenvalue weighted by atomic mass is 10.0. The molecule has 0 radical (unpaired) electrons. The molecule has 6 heteroatoms. The Morgan fingerprint density at radius 1 is 1.27 bits per heavy atom. The van der Waals surface area contributed by atoms with Crippen molar-refractivity contribution in [2.24, 2.45) is 5.92 Å². The maximum Gasteiger partial charge on any atom is 0.211 e. The second-order valence-corrected chi connectivity index (χ2v) is 5.62. The van der Waals surface area contributed by atoms with Crippen LogP contribution in [0.5, 0.6) is 0 Å². The summed E-state index contributed by atoms with van der Waals surface area (Å²) in [5, 5.41) is 2.75. The van der Waals surface area contributed by atoms with Gasteiger partial charge in [-0.3, -0.25) is 0 Å². The predicted octanol–water partition coefficient (Wildman–Crippen LogP) is -0.307. The van der Waals surface area contributed by atoms with Crippen molar-refractivity contribution in [2.75, 3.05) is 33.4 Å². The molecule has 0 saturated carbocycles. The first-order chi connectivity index (χ1) is 6.95. The van der Waals surface area contributed by atoms with Crippen LogP contribution in [0.2, 0.25) is 0 Å². The topological polar surface area (TPSA) is 66.5 Å². The van der Waals surface area contributed by atoms with E-state index in [-0.39, 0.29) is 5.92 Å². The third kappa shape index (κ3) is 5.86. The van der Waals surface area contributed by atoms with Crippen molar-refractivity contribution in [1.29, 1.82) is 0 Å². The second kappa shape index (κ2) is 6.92. The summed E-state index contributed by atoms with van der Waals surface area (Å²) in [5.74, 6) is 0.0583. The summed E-state index contributed by atoms with van der Waals surface area (Å²) in [6.45, 7) is 0.977. The molecule has 0 spiro atoms. The zero-order valence-corrected chi connectivity index (χ0v) is 10.4. The van der Waals surface area contributed by atoms with Gasteiger partial charge in [-0.15, -0.1) is 0 Å². The largest absolute Gasteiger partial charge is 0.323 e. The lowest BCUT2D eigenvalue weighted by Gasteiger charge is -2.27. The third-order valence-electron chi connectivity index (χ3n) is 2.16. The van der Waals surface area contributed by atoms with E-state index >= 15 is 0 Å². The minimum absolute atomic E-state index is 0.0583. The van der Waals surface area contributed by atoms with Crippen LogP contribution in [-0.2, 0) is 14.8 Å². The van der Waals surface area contributed by atoms with Crippen molar-refractivity contribution in [3.8, 4) is 0 Å². The lowest BCUT2D eigenvalue weighted by molar-refractivity contribution is -0.112. The number of aldehydes is 1. The molecule has 0 aromatic carbocycles. The van der Waals surface area contributed by atoms with Gasteiger partial charge in [-0.25, -0.2) is 12.7 Å². The van der Waals surface area contributed by atoms with Crippen LogP contribution >= 0.6 is 0 Å². The molecule has 0 unspecified atom stereocenters. The summed E-state index contributed by atoms with van der Waals surface area (Å²) in [4.78, 5) is 10.3. The average molecular weight is 236 g/mol. The van der Waals surface area contributed by atoms with E-state index in [4.69, 9.17) is 0 Å². The number of piperidine rings is 1. The normalized spacial score (nSPS) is 19.1. The van der Waals surface area contributed by atoms with Gasteiger partial charge in [0, 0.05) is 19.0 Å². The Morgan fingerprint density at radius 2 is 1.67 bits per heavy atom. The quantitative estimate of drug-likeness (QED) is 0.668. The molecule has 15 heavy (non-hydrogen) atoms. The van der Waals surface area contributed by atoms with Crippen LogP contribution < -0.4 is 5.32 Å².